The van der Waals surface area contributed by atoms with Gasteiger partial charge in [-0.05, 0) is 37.4 Å². The number of carbonyl (C=O) groups is 1. The van der Waals surface area contributed by atoms with Crippen molar-refractivity contribution in [1.29, 1.82) is 0 Å². The molecule has 0 aromatic heterocycles. The molecule has 2 aromatic carbocycles. The lowest BCUT2D eigenvalue weighted by Crippen LogP contribution is -2.25. The summed E-state index contributed by atoms with van der Waals surface area (Å²) >= 11 is 1.75. The smallest absolute Gasteiger partial charge is 0.164 e. The van der Waals surface area contributed by atoms with E-state index in [4.69, 9.17) is 0 Å². The molecule has 0 aliphatic carbocycles. The van der Waals surface area contributed by atoms with Crippen molar-refractivity contribution in [3.05, 3.63) is 48.0 Å². The normalized spacial score (nSPS) is 12.0. The predicted molar refractivity (Wildman–Crippen MR) is 104 cm³/mol. The van der Waals surface area contributed by atoms with Crippen molar-refractivity contribution in [3.63, 3.8) is 0 Å². The molecule has 1 aliphatic rings. The molecule has 2 aromatic rings. The molecule has 1 aliphatic heterocycles. The van der Waals surface area contributed by atoms with E-state index in [9.17, 15) is 4.79 Å². The maximum Gasteiger partial charge on any atom is 0.164 e. The number of hydrogen-bond acceptors (Lipinski definition) is 4. The van der Waals surface area contributed by atoms with Crippen LogP contribution in [0.25, 0.3) is 0 Å². The summed E-state index contributed by atoms with van der Waals surface area (Å²) < 4.78 is 0. The summed E-state index contributed by atoms with van der Waals surface area (Å²) in [6.07, 6.45) is 0.574. The van der Waals surface area contributed by atoms with E-state index in [2.05, 4.69) is 36.2 Å². The molecular weight excluding hydrogens is 340 g/mol. The van der Waals surface area contributed by atoms with Crippen LogP contribution in [0.3, 0.4) is 0 Å². The average Bonchev–Trinajstić information content (AvgIpc) is 2.60. The molecule has 3 rings (SSSR count). The van der Waals surface area contributed by atoms with Gasteiger partial charge in [-0.15, -0.1) is 12.4 Å². The molecule has 128 valence electrons. The van der Waals surface area contributed by atoms with Crippen LogP contribution in [0.15, 0.2) is 52.3 Å². The minimum absolute atomic E-state index is 0. The van der Waals surface area contributed by atoms with Crippen LogP contribution in [0.5, 0.6) is 0 Å². The molecule has 0 radical (unpaired) electrons. The third kappa shape index (κ3) is 4.12. The Kier molecular flexibility index (Phi) is 6.72. The van der Waals surface area contributed by atoms with E-state index in [1.807, 2.05) is 30.3 Å². The van der Waals surface area contributed by atoms with Crippen LogP contribution in [0, 0.1) is 0 Å². The quantitative estimate of drug-likeness (QED) is 0.608. The number of benzene rings is 2. The molecule has 0 saturated carbocycles. The zero-order valence-corrected chi connectivity index (χ0v) is 15.7. The van der Waals surface area contributed by atoms with Crippen LogP contribution in [0.2, 0.25) is 0 Å². The highest BCUT2D eigenvalue weighted by Gasteiger charge is 2.17. The SMILES string of the molecule is CCN(CC)CCC(=O)c1ccc2c(c1)Nc1ccccc1S2.Cl. The van der Waals surface area contributed by atoms with E-state index >= 15 is 0 Å². The highest BCUT2D eigenvalue weighted by molar-refractivity contribution is 7.99. The van der Waals surface area contributed by atoms with Crippen LogP contribution >= 0.6 is 24.2 Å². The first-order valence-corrected chi connectivity index (χ1v) is 8.96. The van der Waals surface area contributed by atoms with Crippen molar-refractivity contribution in [3.8, 4) is 0 Å². The largest absolute Gasteiger partial charge is 0.354 e. The zero-order chi connectivity index (χ0) is 16.2. The number of nitrogens with zero attached hydrogens (tertiary/aromatic N) is 1. The molecule has 3 nitrogen and oxygen atoms in total. The number of hydrogen-bond donors (Lipinski definition) is 1. The van der Waals surface area contributed by atoms with Gasteiger partial charge in [0.05, 0.1) is 11.4 Å². The van der Waals surface area contributed by atoms with Crippen LogP contribution in [0.4, 0.5) is 11.4 Å². The Labute approximate surface area is 154 Å². The third-order valence-electron chi connectivity index (χ3n) is 4.23. The number of anilines is 2. The fraction of sp³-hybridized carbons (Fsp3) is 0.316. The highest BCUT2D eigenvalue weighted by atomic mass is 35.5. The first-order chi connectivity index (χ1) is 11.2. The van der Waals surface area contributed by atoms with Gasteiger partial charge in [0.25, 0.3) is 0 Å². The summed E-state index contributed by atoms with van der Waals surface area (Å²) in [5.74, 6) is 0.213. The van der Waals surface area contributed by atoms with Crippen molar-refractivity contribution in [2.24, 2.45) is 0 Å². The molecular formula is C19H23ClN2OS. The summed E-state index contributed by atoms with van der Waals surface area (Å²) in [5.41, 5.74) is 2.93. The maximum absolute atomic E-state index is 12.5. The molecule has 0 fully saturated rings. The summed E-state index contributed by atoms with van der Waals surface area (Å²) in [4.78, 5) is 17.1. The van der Waals surface area contributed by atoms with Gasteiger partial charge in [-0.2, -0.15) is 0 Å². The van der Waals surface area contributed by atoms with Crippen molar-refractivity contribution >= 4 is 41.3 Å². The van der Waals surface area contributed by atoms with Crippen molar-refractivity contribution in [2.75, 3.05) is 25.0 Å². The topological polar surface area (TPSA) is 32.3 Å². The molecule has 0 spiro atoms. The molecule has 0 unspecified atom stereocenters. The van der Waals surface area contributed by atoms with Crippen LogP contribution < -0.4 is 5.32 Å². The lowest BCUT2D eigenvalue weighted by molar-refractivity contribution is 0.0966. The summed E-state index contributed by atoms with van der Waals surface area (Å²) in [7, 11) is 0. The highest BCUT2D eigenvalue weighted by Crippen LogP contribution is 2.44. The second kappa shape index (κ2) is 8.56. The molecule has 24 heavy (non-hydrogen) atoms. The van der Waals surface area contributed by atoms with Crippen molar-refractivity contribution < 1.29 is 4.79 Å². The fourth-order valence-electron chi connectivity index (χ4n) is 2.76. The molecule has 0 saturated heterocycles. The molecule has 1 N–H and O–H groups in total. The first-order valence-electron chi connectivity index (χ1n) is 8.14. The monoisotopic (exact) mass is 362 g/mol. The van der Waals surface area contributed by atoms with Crippen LogP contribution in [-0.4, -0.2) is 30.3 Å². The maximum atomic E-state index is 12.5. The minimum Gasteiger partial charge on any atom is -0.354 e. The van der Waals surface area contributed by atoms with Gasteiger partial charge >= 0.3 is 0 Å². The van der Waals surface area contributed by atoms with E-state index < -0.39 is 0 Å². The third-order valence-corrected chi connectivity index (χ3v) is 5.38. The second-order valence-electron chi connectivity index (χ2n) is 5.63. The van der Waals surface area contributed by atoms with E-state index in [1.54, 1.807) is 11.8 Å². The fourth-order valence-corrected chi connectivity index (χ4v) is 3.72. The Bertz CT molecular complexity index is 716. The van der Waals surface area contributed by atoms with Gasteiger partial charge in [-0.1, -0.05) is 43.8 Å². The Morgan fingerprint density at radius 3 is 2.50 bits per heavy atom. The number of ketones is 1. The summed E-state index contributed by atoms with van der Waals surface area (Å²) in [5, 5.41) is 3.44. The number of para-hydroxylation sites is 1. The van der Waals surface area contributed by atoms with E-state index in [1.165, 1.54) is 9.79 Å². The Morgan fingerprint density at radius 1 is 1.04 bits per heavy atom. The van der Waals surface area contributed by atoms with E-state index in [0.29, 0.717) is 6.42 Å². The van der Waals surface area contributed by atoms with Gasteiger partial charge in [-0.3, -0.25) is 4.79 Å². The van der Waals surface area contributed by atoms with Crippen LogP contribution in [-0.2, 0) is 0 Å². The molecule has 5 heteroatoms. The number of carbonyl (C=O) groups excluding carboxylic acids is 1. The first kappa shape index (κ1) is 18.8. The molecule has 0 bridgehead atoms. The van der Waals surface area contributed by atoms with E-state index in [-0.39, 0.29) is 18.2 Å². The van der Waals surface area contributed by atoms with Crippen molar-refractivity contribution in [2.45, 2.75) is 30.1 Å². The predicted octanol–water partition coefficient (Wildman–Crippen LogP) is 5.23. The average molecular weight is 363 g/mol. The van der Waals surface area contributed by atoms with Crippen LogP contribution in [0.1, 0.15) is 30.6 Å². The van der Waals surface area contributed by atoms with Gasteiger partial charge in [0, 0.05) is 28.3 Å². The minimum atomic E-state index is 0. The number of Topliss-reactive ketones (excluding diaryl/α,β-unsaturated/α-hetero) is 1. The number of rotatable bonds is 6. The lowest BCUT2D eigenvalue weighted by Gasteiger charge is -2.21. The zero-order valence-electron chi connectivity index (χ0n) is 14.0. The molecule has 0 amide bonds. The van der Waals surface area contributed by atoms with Gasteiger partial charge < -0.3 is 10.2 Å². The van der Waals surface area contributed by atoms with Gasteiger partial charge in [0.1, 0.15) is 0 Å². The summed E-state index contributed by atoms with van der Waals surface area (Å²) in [6, 6.07) is 14.2. The standard InChI is InChI=1S/C19H22N2OS.ClH/c1-3-21(4-2)12-11-17(22)14-9-10-19-16(13-14)20-15-7-5-6-8-18(15)23-19;/h5-10,13,20H,3-4,11-12H2,1-2H3;1H. The number of nitrogens with one attached hydrogen (secondary N) is 1. The Hall–Kier alpha value is -1.49. The lowest BCUT2D eigenvalue weighted by atomic mass is 10.1. The van der Waals surface area contributed by atoms with E-state index in [0.717, 1.165) is 36.6 Å². The number of halogens is 1. The number of fused-ring (bicyclic) bond motifs is 2. The van der Waals surface area contributed by atoms with Gasteiger partial charge in [0.15, 0.2) is 5.78 Å². The molecule has 0 atom stereocenters. The molecule has 1 heterocycles. The second-order valence-corrected chi connectivity index (χ2v) is 6.72. The Morgan fingerprint density at radius 2 is 1.75 bits per heavy atom. The van der Waals surface area contributed by atoms with Gasteiger partial charge in [-0.25, -0.2) is 0 Å². The Balaban J connectivity index is 0.00000208. The van der Waals surface area contributed by atoms with Gasteiger partial charge in [0.2, 0.25) is 0 Å². The van der Waals surface area contributed by atoms with Crippen molar-refractivity contribution in [1.82, 2.24) is 4.90 Å². The summed E-state index contributed by atoms with van der Waals surface area (Å²) in [6.45, 7) is 7.07.